The Balaban J connectivity index is 4.53. The average molecular weight is 258 g/mol. The normalized spacial score (nSPS) is 14.6. The summed E-state index contributed by atoms with van der Waals surface area (Å²) in [6.07, 6.45) is 4.70. The van der Waals surface area contributed by atoms with E-state index in [0.29, 0.717) is 6.54 Å². The summed E-state index contributed by atoms with van der Waals surface area (Å²) < 4.78 is 4.89. The molecule has 1 atom stereocenters. The number of ether oxygens (including phenoxy) is 1. The Morgan fingerprint density at radius 1 is 1.22 bits per heavy atom. The van der Waals surface area contributed by atoms with Gasteiger partial charge >= 0.3 is 5.97 Å². The van der Waals surface area contributed by atoms with Gasteiger partial charge in [-0.1, -0.05) is 26.7 Å². The van der Waals surface area contributed by atoms with Gasteiger partial charge in [0.2, 0.25) is 0 Å². The minimum absolute atomic E-state index is 0.192. The van der Waals surface area contributed by atoms with Crippen molar-refractivity contribution in [3.63, 3.8) is 0 Å². The van der Waals surface area contributed by atoms with Gasteiger partial charge in [-0.15, -0.1) is 0 Å². The Morgan fingerprint density at radius 2 is 1.72 bits per heavy atom. The van der Waals surface area contributed by atoms with Gasteiger partial charge in [-0.25, -0.2) is 0 Å². The van der Waals surface area contributed by atoms with Gasteiger partial charge in [0.15, 0.2) is 0 Å². The smallest absolute Gasteiger partial charge is 0.327 e. The van der Waals surface area contributed by atoms with E-state index in [0.717, 1.165) is 13.1 Å². The number of unbranched alkanes of at least 4 members (excludes halogenated alkanes) is 2. The maximum Gasteiger partial charge on any atom is 0.327 e. The molecule has 0 aromatic carbocycles. The Hall–Kier alpha value is -0.610. The molecule has 0 aliphatic carbocycles. The van der Waals surface area contributed by atoms with Crippen molar-refractivity contribution < 1.29 is 9.53 Å². The third-order valence-electron chi connectivity index (χ3n) is 3.38. The van der Waals surface area contributed by atoms with E-state index in [1.54, 1.807) is 0 Å². The van der Waals surface area contributed by atoms with Gasteiger partial charge < -0.3 is 15.0 Å². The summed E-state index contributed by atoms with van der Waals surface area (Å²) in [5.74, 6) is -0.192. The van der Waals surface area contributed by atoms with Crippen LogP contribution in [0.2, 0.25) is 0 Å². The lowest BCUT2D eigenvalue weighted by atomic mass is 10.0. The standard InChI is InChI=1S/C14H30N2O2/c1-6-8-10-16(11-9-7-2)12-14(3,15-4)13(17)18-5/h15H,6-12H2,1-5H3. The van der Waals surface area contributed by atoms with E-state index in [-0.39, 0.29) is 5.97 Å². The molecule has 0 radical (unpaired) electrons. The van der Waals surface area contributed by atoms with E-state index in [1.807, 2.05) is 14.0 Å². The Labute approximate surface area is 112 Å². The number of methoxy groups -OCH3 is 1. The van der Waals surface area contributed by atoms with E-state index in [2.05, 4.69) is 24.1 Å². The predicted octanol–water partition coefficient (Wildman–Crippen LogP) is 2.04. The number of nitrogens with zero attached hydrogens (tertiary/aromatic N) is 1. The van der Waals surface area contributed by atoms with E-state index < -0.39 is 5.54 Å². The highest BCUT2D eigenvalue weighted by atomic mass is 16.5. The molecule has 108 valence electrons. The van der Waals surface area contributed by atoms with Gasteiger partial charge in [0.05, 0.1) is 7.11 Å². The number of carbonyl (C=O) groups is 1. The first kappa shape index (κ1) is 17.4. The molecule has 0 bridgehead atoms. The quantitative estimate of drug-likeness (QED) is 0.609. The fraction of sp³-hybridized carbons (Fsp3) is 0.929. The lowest BCUT2D eigenvalue weighted by Gasteiger charge is -2.33. The first-order valence-corrected chi connectivity index (χ1v) is 7.03. The molecule has 0 saturated carbocycles. The van der Waals surface area contributed by atoms with Crippen LogP contribution in [0.1, 0.15) is 46.5 Å². The number of carbonyl (C=O) groups excluding carboxylic acids is 1. The Morgan fingerprint density at radius 3 is 2.06 bits per heavy atom. The molecule has 4 nitrogen and oxygen atoms in total. The van der Waals surface area contributed by atoms with E-state index in [1.165, 1.54) is 32.8 Å². The zero-order chi connectivity index (χ0) is 14.0. The van der Waals surface area contributed by atoms with Crippen LogP contribution in [-0.4, -0.2) is 50.2 Å². The van der Waals surface area contributed by atoms with Crippen LogP contribution in [0, 0.1) is 0 Å². The molecule has 0 saturated heterocycles. The molecule has 0 aliphatic heterocycles. The molecular formula is C14H30N2O2. The van der Waals surface area contributed by atoms with Crippen molar-refractivity contribution in [2.24, 2.45) is 0 Å². The zero-order valence-corrected chi connectivity index (χ0v) is 12.7. The van der Waals surface area contributed by atoms with Gasteiger partial charge in [-0.05, 0) is 39.9 Å². The molecule has 0 aliphatic rings. The van der Waals surface area contributed by atoms with Crippen LogP contribution in [-0.2, 0) is 9.53 Å². The van der Waals surface area contributed by atoms with Crippen LogP contribution in [0.5, 0.6) is 0 Å². The van der Waals surface area contributed by atoms with Crippen molar-refractivity contribution in [1.82, 2.24) is 10.2 Å². The lowest BCUT2D eigenvalue weighted by Crippen LogP contribution is -2.56. The van der Waals surface area contributed by atoms with Crippen LogP contribution >= 0.6 is 0 Å². The molecule has 0 heterocycles. The largest absolute Gasteiger partial charge is 0.468 e. The number of nitrogens with one attached hydrogen (secondary N) is 1. The molecule has 1 unspecified atom stereocenters. The maximum atomic E-state index is 11.8. The monoisotopic (exact) mass is 258 g/mol. The summed E-state index contributed by atoms with van der Waals surface area (Å²) >= 11 is 0. The van der Waals surface area contributed by atoms with Gasteiger partial charge in [0, 0.05) is 6.54 Å². The summed E-state index contributed by atoms with van der Waals surface area (Å²) in [5, 5.41) is 3.10. The Bertz CT molecular complexity index is 226. The van der Waals surface area contributed by atoms with E-state index >= 15 is 0 Å². The summed E-state index contributed by atoms with van der Waals surface area (Å²) in [6, 6.07) is 0. The minimum atomic E-state index is -0.615. The second-order valence-corrected chi connectivity index (χ2v) is 5.06. The molecule has 0 aromatic heterocycles. The molecule has 0 rings (SSSR count). The van der Waals surface area contributed by atoms with Crippen LogP contribution in [0.25, 0.3) is 0 Å². The average Bonchev–Trinajstić information content (AvgIpc) is 2.40. The van der Waals surface area contributed by atoms with Crippen molar-refractivity contribution >= 4 is 5.97 Å². The van der Waals surface area contributed by atoms with Gasteiger partial charge in [0.25, 0.3) is 0 Å². The highest BCUT2D eigenvalue weighted by molar-refractivity contribution is 5.80. The number of esters is 1. The number of hydrogen-bond acceptors (Lipinski definition) is 4. The van der Waals surface area contributed by atoms with Crippen molar-refractivity contribution in [3.05, 3.63) is 0 Å². The molecule has 0 fully saturated rings. The van der Waals surface area contributed by atoms with E-state index in [9.17, 15) is 4.79 Å². The summed E-state index contributed by atoms with van der Waals surface area (Å²) in [6.45, 7) is 9.08. The molecule has 0 spiro atoms. The molecule has 4 heteroatoms. The molecular weight excluding hydrogens is 228 g/mol. The summed E-state index contributed by atoms with van der Waals surface area (Å²) in [7, 11) is 3.26. The second-order valence-electron chi connectivity index (χ2n) is 5.06. The fourth-order valence-electron chi connectivity index (χ4n) is 1.95. The molecule has 1 N–H and O–H groups in total. The minimum Gasteiger partial charge on any atom is -0.468 e. The van der Waals surface area contributed by atoms with Crippen LogP contribution in [0.3, 0.4) is 0 Å². The van der Waals surface area contributed by atoms with Gasteiger partial charge in [-0.2, -0.15) is 0 Å². The third kappa shape index (κ3) is 5.83. The number of likely N-dealkylation sites (N-methyl/N-ethyl adjacent to an activating group) is 1. The lowest BCUT2D eigenvalue weighted by molar-refractivity contribution is -0.148. The Kier molecular flexibility index (Phi) is 9.02. The fourth-order valence-corrected chi connectivity index (χ4v) is 1.95. The van der Waals surface area contributed by atoms with Crippen molar-refractivity contribution in [3.8, 4) is 0 Å². The van der Waals surface area contributed by atoms with Crippen molar-refractivity contribution in [2.45, 2.75) is 52.0 Å². The van der Waals surface area contributed by atoms with Crippen molar-refractivity contribution in [1.29, 1.82) is 0 Å². The number of rotatable bonds is 10. The second kappa shape index (κ2) is 9.34. The third-order valence-corrected chi connectivity index (χ3v) is 3.38. The molecule has 0 aromatic rings. The SMILES string of the molecule is CCCCN(CCCC)CC(C)(NC)C(=O)OC. The molecule has 0 amide bonds. The summed E-state index contributed by atoms with van der Waals surface area (Å²) in [4.78, 5) is 14.2. The number of hydrogen-bond donors (Lipinski definition) is 1. The van der Waals surface area contributed by atoms with E-state index in [4.69, 9.17) is 4.74 Å². The molecule has 18 heavy (non-hydrogen) atoms. The highest BCUT2D eigenvalue weighted by Crippen LogP contribution is 2.10. The topological polar surface area (TPSA) is 41.6 Å². The first-order valence-electron chi connectivity index (χ1n) is 7.03. The van der Waals surface area contributed by atoms with Crippen LogP contribution in [0.4, 0.5) is 0 Å². The van der Waals surface area contributed by atoms with Gasteiger partial charge in [0.1, 0.15) is 5.54 Å². The van der Waals surface area contributed by atoms with Crippen LogP contribution in [0.15, 0.2) is 0 Å². The van der Waals surface area contributed by atoms with Crippen molar-refractivity contribution in [2.75, 3.05) is 33.8 Å². The van der Waals surface area contributed by atoms with Crippen LogP contribution < -0.4 is 5.32 Å². The summed E-state index contributed by atoms with van der Waals surface area (Å²) in [5.41, 5.74) is -0.615. The highest BCUT2D eigenvalue weighted by Gasteiger charge is 2.34. The first-order chi connectivity index (χ1) is 8.53. The maximum absolute atomic E-state index is 11.8. The predicted molar refractivity (Wildman–Crippen MR) is 75.7 cm³/mol. The zero-order valence-electron chi connectivity index (χ0n) is 12.7. The van der Waals surface area contributed by atoms with Gasteiger partial charge in [-0.3, -0.25) is 4.79 Å².